The lowest BCUT2D eigenvalue weighted by molar-refractivity contribution is -0.271. The van der Waals surface area contributed by atoms with Crippen LogP contribution in [0, 0.1) is 0 Å². The highest BCUT2D eigenvalue weighted by Gasteiger charge is 2.48. The molecule has 1 fully saturated rings. The van der Waals surface area contributed by atoms with E-state index in [2.05, 4.69) is 4.18 Å². The number of fused-ring (bicyclic) bond motifs is 1. The number of aliphatic carboxylic acids is 1. The summed E-state index contributed by atoms with van der Waals surface area (Å²) in [6.07, 6.45) is -10.5. The minimum atomic E-state index is -5.13. The van der Waals surface area contributed by atoms with Crippen molar-refractivity contribution in [3.8, 4) is 40.1 Å². The number of ether oxygens (including phenoxy) is 2. The van der Waals surface area contributed by atoms with Gasteiger partial charge in [-0.1, -0.05) is 0 Å². The molecule has 1 aliphatic heterocycles. The molecule has 4 rings (SSSR count). The SMILES string of the molecule is O=C(O)[C@H]1O[C@@H](Oc2c(-c3ccc(O)c(OS(=O)(=O)O)c3)oc3cc(O)cc(O)c3c2=O)C(O)C(O)[C@@H]1O. The number of benzene rings is 2. The lowest BCUT2D eigenvalue weighted by Gasteiger charge is -2.38. The van der Waals surface area contributed by atoms with E-state index in [4.69, 9.17) is 18.4 Å². The molecule has 5 atom stereocenters. The molecule has 0 saturated carbocycles. The average molecular weight is 558 g/mol. The Hall–Kier alpha value is -4.13. The van der Waals surface area contributed by atoms with E-state index in [1.165, 1.54) is 0 Å². The molecular weight excluding hydrogens is 540 g/mol. The first-order chi connectivity index (χ1) is 17.7. The van der Waals surface area contributed by atoms with Crippen LogP contribution in [0.2, 0.25) is 0 Å². The Labute approximate surface area is 210 Å². The van der Waals surface area contributed by atoms with Crippen LogP contribution >= 0.6 is 0 Å². The van der Waals surface area contributed by atoms with Crippen LogP contribution in [0.5, 0.6) is 28.7 Å². The highest BCUT2D eigenvalue weighted by molar-refractivity contribution is 7.81. The Kier molecular flexibility index (Phi) is 6.82. The van der Waals surface area contributed by atoms with Crippen LogP contribution in [-0.4, -0.2) is 85.4 Å². The van der Waals surface area contributed by atoms with Gasteiger partial charge in [0, 0.05) is 17.7 Å². The summed E-state index contributed by atoms with van der Waals surface area (Å²) >= 11 is 0. The minimum Gasteiger partial charge on any atom is -0.508 e. The van der Waals surface area contributed by atoms with E-state index >= 15 is 0 Å². The zero-order valence-corrected chi connectivity index (χ0v) is 19.3. The molecule has 16 nitrogen and oxygen atoms in total. The standard InChI is InChI=1S/C21H18O16S/c22-7-4-9(24)12-11(5-7)34-17(6-1-2-8(23)10(3-6)37-38(31,32)33)18(13(12)25)35-21-16(28)14(26)15(27)19(36-21)20(29)30/h1-5,14-16,19,21-24,26-28H,(H,29,30)(H,31,32,33)/t14?,15-,16?,19-,21+/m0/s1. The predicted octanol–water partition coefficient (Wildman–Crippen LogP) is -0.971. The zero-order valence-electron chi connectivity index (χ0n) is 18.5. The van der Waals surface area contributed by atoms with Crippen LogP contribution in [-0.2, 0) is 19.9 Å². The van der Waals surface area contributed by atoms with Crippen molar-refractivity contribution < 1.29 is 71.6 Å². The lowest BCUT2D eigenvalue weighted by atomic mass is 9.99. The van der Waals surface area contributed by atoms with Crippen molar-refractivity contribution in [3.63, 3.8) is 0 Å². The van der Waals surface area contributed by atoms with Gasteiger partial charge in [-0.05, 0) is 18.2 Å². The molecule has 2 heterocycles. The van der Waals surface area contributed by atoms with Crippen LogP contribution in [0.25, 0.3) is 22.3 Å². The van der Waals surface area contributed by atoms with Crippen molar-refractivity contribution in [1.82, 2.24) is 0 Å². The van der Waals surface area contributed by atoms with E-state index in [0.717, 1.165) is 30.3 Å². The van der Waals surface area contributed by atoms with Crippen LogP contribution in [0.4, 0.5) is 0 Å². The number of phenolic OH excluding ortho intramolecular Hbond substituents is 3. The molecule has 0 amide bonds. The third-order valence-electron chi connectivity index (χ3n) is 5.38. The van der Waals surface area contributed by atoms with E-state index in [1.807, 2.05) is 0 Å². The number of hydrogen-bond donors (Lipinski definition) is 8. The number of phenols is 3. The van der Waals surface area contributed by atoms with E-state index in [9.17, 15) is 53.8 Å². The molecule has 204 valence electrons. The van der Waals surface area contributed by atoms with E-state index in [-0.39, 0.29) is 5.56 Å². The molecule has 2 unspecified atom stereocenters. The summed E-state index contributed by atoms with van der Waals surface area (Å²) in [7, 11) is -5.13. The first-order valence-electron chi connectivity index (χ1n) is 10.3. The molecule has 0 bridgehead atoms. The van der Waals surface area contributed by atoms with Crippen molar-refractivity contribution in [3.05, 3.63) is 40.6 Å². The van der Waals surface area contributed by atoms with E-state index in [0.29, 0.717) is 0 Å². The van der Waals surface area contributed by atoms with Gasteiger partial charge in [0.15, 0.2) is 23.4 Å². The van der Waals surface area contributed by atoms with Crippen LogP contribution < -0.4 is 14.3 Å². The van der Waals surface area contributed by atoms with E-state index in [1.54, 1.807) is 0 Å². The first kappa shape index (κ1) is 26.9. The lowest BCUT2D eigenvalue weighted by Crippen LogP contribution is -2.61. The Morgan fingerprint density at radius 2 is 1.63 bits per heavy atom. The molecule has 1 saturated heterocycles. The van der Waals surface area contributed by atoms with Gasteiger partial charge in [-0.25, -0.2) is 4.79 Å². The third-order valence-corrected chi connectivity index (χ3v) is 5.77. The monoisotopic (exact) mass is 558 g/mol. The van der Waals surface area contributed by atoms with Crippen LogP contribution in [0.1, 0.15) is 0 Å². The van der Waals surface area contributed by atoms with Crippen molar-refractivity contribution in [2.24, 2.45) is 0 Å². The number of carboxylic acids is 1. The normalized spacial score (nSPS) is 23.7. The molecule has 1 aliphatic rings. The molecule has 2 aromatic carbocycles. The van der Waals surface area contributed by atoms with Crippen molar-refractivity contribution in [2.45, 2.75) is 30.7 Å². The molecule has 0 radical (unpaired) electrons. The zero-order chi connectivity index (χ0) is 28.1. The van der Waals surface area contributed by atoms with Gasteiger partial charge >= 0.3 is 16.4 Å². The summed E-state index contributed by atoms with van der Waals surface area (Å²) in [6.45, 7) is 0. The molecule has 0 spiro atoms. The quantitative estimate of drug-likeness (QED) is 0.169. The van der Waals surface area contributed by atoms with E-state index < -0.39 is 98.0 Å². The molecule has 8 N–H and O–H groups in total. The number of hydrogen-bond acceptors (Lipinski definition) is 14. The maximum atomic E-state index is 13.4. The largest absolute Gasteiger partial charge is 0.508 e. The maximum Gasteiger partial charge on any atom is 0.446 e. The number of aliphatic hydroxyl groups excluding tert-OH is 3. The van der Waals surface area contributed by atoms with Gasteiger partial charge in [-0.2, -0.15) is 8.42 Å². The Morgan fingerprint density at radius 3 is 2.26 bits per heavy atom. The van der Waals surface area contributed by atoms with Crippen molar-refractivity contribution in [2.75, 3.05) is 0 Å². The summed E-state index contributed by atoms with van der Waals surface area (Å²) in [5, 5.41) is 68.9. The summed E-state index contributed by atoms with van der Waals surface area (Å²) < 4.78 is 51.5. The molecule has 38 heavy (non-hydrogen) atoms. The highest BCUT2D eigenvalue weighted by Crippen LogP contribution is 2.40. The van der Waals surface area contributed by atoms with Crippen molar-refractivity contribution >= 4 is 27.3 Å². The van der Waals surface area contributed by atoms with Gasteiger partial charge in [0.2, 0.25) is 17.5 Å². The summed E-state index contributed by atoms with van der Waals surface area (Å²) in [4.78, 5) is 24.8. The number of carboxylic acid groups (broad SMARTS) is 1. The highest BCUT2D eigenvalue weighted by atomic mass is 32.3. The van der Waals surface area contributed by atoms with Gasteiger partial charge in [0.05, 0.1) is 0 Å². The Bertz CT molecular complexity index is 1580. The summed E-state index contributed by atoms with van der Waals surface area (Å²) in [6, 6.07) is 4.42. The number of aromatic hydroxyl groups is 3. The molecule has 0 aliphatic carbocycles. The smallest absolute Gasteiger partial charge is 0.446 e. The average Bonchev–Trinajstić information content (AvgIpc) is 2.80. The second-order valence-corrected chi connectivity index (χ2v) is 9.00. The van der Waals surface area contributed by atoms with Gasteiger partial charge < -0.3 is 53.8 Å². The molecule has 3 aromatic rings. The molecule has 1 aromatic heterocycles. The third kappa shape index (κ3) is 5.01. The fourth-order valence-corrected chi connectivity index (χ4v) is 4.03. The number of carbonyl (C=O) groups is 1. The first-order valence-corrected chi connectivity index (χ1v) is 11.7. The fraction of sp³-hybridized carbons (Fsp3) is 0.238. The van der Waals surface area contributed by atoms with Crippen LogP contribution in [0.3, 0.4) is 0 Å². The Balaban J connectivity index is 1.93. The number of aliphatic hydroxyl groups is 3. The van der Waals surface area contributed by atoms with Gasteiger partial charge in [0.25, 0.3) is 0 Å². The second-order valence-electron chi connectivity index (χ2n) is 7.97. The predicted molar refractivity (Wildman–Crippen MR) is 120 cm³/mol. The Morgan fingerprint density at radius 1 is 0.947 bits per heavy atom. The van der Waals surface area contributed by atoms with Crippen molar-refractivity contribution in [1.29, 1.82) is 0 Å². The molecular formula is C21H18O16S. The molecule has 17 heteroatoms. The second kappa shape index (κ2) is 9.63. The van der Waals surface area contributed by atoms with Gasteiger partial charge in [-0.3, -0.25) is 9.35 Å². The topological polar surface area (TPSA) is 271 Å². The fourth-order valence-electron chi connectivity index (χ4n) is 3.67. The van der Waals surface area contributed by atoms with Crippen LogP contribution in [0.15, 0.2) is 39.5 Å². The maximum absolute atomic E-state index is 13.4. The summed E-state index contributed by atoms with van der Waals surface area (Å²) in [5.41, 5.74) is -1.88. The number of rotatable bonds is 6. The van der Waals surface area contributed by atoms with Gasteiger partial charge in [0.1, 0.15) is 40.8 Å². The minimum absolute atomic E-state index is 0.279. The van der Waals surface area contributed by atoms with Gasteiger partial charge in [-0.15, -0.1) is 0 Å². The summed E-state index contributed by atoms with van der Waals surface area (Å²) in [5.74, 6) is -6.19.